The van der Waals surface area contributed by atoms with Gasteiger partial charge in [-0.2, -0.15) is 0 Å². The molecule has 0 aromatic carbocycles. The van der Waals surface area contributed by atoms with E-state index in [0.29, 0.717) is 5.54 Å². The van der Waals surface area contributed by atoms with Crippen LogP contribution >= 0.6 is 0 Å². The summed E-state index contributed by atoms with van der Waals surface area (Å²) in [7, 11) is 0. The van der Waals surface area contributed by atoms with Crippen LogP contribution in [-0.2, 0) is 0 Å². The first kappa shape index (κ1) is 11.7. The lowest BCUT2D eigenvalue weighted by Crippen LogP contribution is -2.52. The number of hydrogen-bond acceptors (Lipinski definition) is 2. The van der Waals surface area contributed by atoms with Gasteiger partial charge in [-0.3, -0.25) is 4.90 Å². The van der Waals surface area contributed by atoms with Crippen molar-refractivity contribution >= 4 is 0 Å². The summed E-state index contributed by atoms with van der Waals surface area (Å²) in [5.74, 6) is 0. The summed E-state index contributed by atoms with van der Waals surface area (Å²) in [4.78, 5) is 5.08. The van der Waals surface area contributed by atoms with Gasteiger partial charge in [-0.25, -0.2) is 0 Å². The van der Waals surface area contributed by atoms with Gasteiger partial charge in [-0.1, -0.05) is 12.2 Å². The molecule has 1 fully saturated rings. The molecule has 0 atom stereocenters. The Morgan fingerprint density at radius 3 is 2.25 bits per heavy atom. The largest absolute Gasteiger partial charge is 0.369 e. The van der Waals surface area contributed by atoms with Gasteiger partial charge in [0.2, 0.25) is 0 Å². The van der Waals surface area contributed by atoms with Crippen LogP contribution in [0.15, 0.2) is 23.9 Å². The third-order valence-electron chi connectivity index (χ3n) is 3.46. The highest BCUT2D eigenvalue weighted by Gasteiger charge is 2.26. The molecule has 0 aromatic heterocycles. The predicted octanol–water partition coefficient (Wildman–Crippen LogP) is 2.45. The van der Waals surface area contributed by atoms with E-state index in [9.17, 15) is 0 Å². The SMILES string of the molecule is CC(C)(C)N1CCN(C2=CC[CH]C=C2)CC1. The topological polar surface area (TPSA) is 6.48 Å². The fraction of sp³-hybridized carbons (Fsp3) is 0.643. The van der Waals surface area contributed by atoms with Gasteiger partial charge in [0.25, 0.3) is 0 Å². The van der Waals surface area contributed by atoms with Gasteiger partial charge in [0.15, 0.2) is 0 Å². The van der Waals surface area contributed by atoms with Crippen molar-refractivity contribution in [2.45, 2.75) is 32.7 Å². The zero-order chi connectivity index (χ0) is 11.6. The van der Waals surface area contributed by atoms with Crippen LogP contribution < -0.4 is 0 Å². The van der Waals surface area contributed by atoms with Crippen molar-refractivity contribution in [3.8, 4) is 0 Å². The van der Waals surface area contributed by atoms with Crippen LogP contribution in [0, 0.1) is 6.42 Å². The maximum Gasteiger partial charge on any atom is 0.0323 e. The Kier molecular flexibility index (Phi) is 3.38. The van der Waals surface area contributed by atoms with Crippen molar-refractivity contribution in [1.82, 2.24) is 9.80 Å². The van der Waals surface area contributed by atoms with Crippen LogP contribution in [-0.4, -0.2) is 41.5 Å². The van der Waals surface area contributed by atoms with Crippen LogP contribution in [0.5, 0.6) is 0 Å². The lowest BCUT2D eigenvalue weighted by Gasteiger charge is -2.43. The van der Waals surface area contributed by atoms with E-state index in [0.717, 1.165) is 19.5 Å². The van der Waals surface area contributed by atoms with E-state index in [4.69, 9.17) is 0 Å². The first-order valence-corrected chi connectivity index (χ1v) is 6.27. The highest BCUT2D eigenvalue weighted by atomic mass is 15.3. The molecule has 16 heavy (non-hydrogen) atoms. The van der Waals surface area contributed by atoms with Crippen molar-refractivity contribution in [2.24, 2.45) is 0 Å². The highest BCUT2D eigenvalue weighted by molar-refractivity contribution is 5.25. The Hall–Kier alpha value is -0.760. The van der Waals surface area contributed by atoms with Crippen LogP contribution in [0.3, 0.4) is 0 Å². The van der Waals surface area contributed by atoms with Crippen molar-refractivity contribution < 1.29 is 0 Å². The van der Waals surface area contributed by atoms with Crippen molar-refractivity contribution in [3.63, 3.8) is 0 Å². The van der Waals surface area contributed by atoms with E-state index < -0.39 is 0 Å². The summed E-state index contributed by atoms with van der Waals surface area (Å²) in [5, 5.41) is 0. The van der Waals surface area contributed by atoms with Crippen LogP contribution in [0.2, 0.25) is 0 Å². The van der Waals surface area contributed by atoms with Crippen molar-refractivity contribution in [2.75, 3.05) is 26.2 Å². The lowest BCUT2D eigenvalue weighted by atomic mass is 10.0. The molecule has 0 spiro atoms. The first-order valence-electron chi connectivity index (χ1n) is 6.27. The molecular weight excluding hydrogens is 196 g/mol. The molecule has 2 heteroatoms. The fourth-order valence-electron chi connectivity index (χ4n) is 2.37. The number of allylic oxidation sites excluding steroid dienone is 3. The average Bonchev–Trinajstić information content (AvgIpc) is 2.29. The molecule has 1 radical (unpaired) electrons. The maximum absolute atomic E-state index is 2.57. The Bertz CT molecular complexity index is 288. The van der Waals surface area contributed by atoms with Crippen LogP contribution in [0.4, 0.5) is 0 Å². The molecule has 1 saturated heterocycles. The molecule has 2 nitrogen and oxygen atoms in total. The minimum atomic E-state index is 0.316. The molecule has 0 aromatic rings. The second-order valence-corrected chi connectivity index (χ2v) is 5.60. The standard InChI is InChI=1S/C14H23N2/c1-14(2,3)16-11-9-15(10-12-16)13-7-5-4-6-8-13/h4-5,7-8H,6,9-12H2,1-3H3. The van der Waals surface area contributed by atoms with Gasteiger partial charge in [0.05, 0.1) is 0 Å². The van der Waals surface area contributed by atoms with E-state index in [1.54, 1.807) is 0 Å². The summed E-state index contributed by atoms with van der Waals surface area (Å²) < 4.78 is 0. The summed E-state index contributed by atoms with van der Waals surface area (Å²) in [6.07, 6.45) is 10.0. The minimum Gasteiger partial charge on any atom is -0.369 e. The van der Waals surface area contributed by atoms with E-state index >= 15 is 0 Å². The second-order valence-electron chi connectivity index (χ2n) is 5.60. The summed E-state index contributed by atoms with van der Waals surface area (Å²) >= 11 is 0. The number of hydrogen-bond donors (Lipinski definition) is 0. The molecule has 2 rings (SSSR count). The molecule has 0 unspecified atom stereocenters. The zero-order valence-electron chi connectivity index (χ0n) is 10.7. The molecule has 1 aliphatic carbocycles. The Morgan fingerprint density at radius 2 is 1.75 bits per heavy atom. The Balaban J connectivity index is 1.90. The van der Waals surface area contributed by atoms with Gasteiger partial charge < -0.3 is 4.90 Å². The number of piperazine rings is 1. The van der Waals surface area contributed by atoms with E-state index in [1.807, 2.05) is 0 Å². The van der Waals surface area contributed by atoms with Gasteiger partial charge >= 0.3 is 0 Å². The predicted molar refractivity (Wildman–Crippen MR) is 69.0 cm³/mol. The first-order chi connectivity index (χ1) is 7.57. The Labute approximate surface area is 99.6 Å². The Morgan fingerprint density at radius 1 is 1.06 bits per heavy atom. The molecule has 0 bridgehead atoms. The highest BCUT2D eigenvalue weighted by Crippen LogP contribution is 2.20. The van der Waals surface area contributed by atoms with Gasteiger partial charge in [-0.15, -0.1) is 0 Å². The maximum atomic E-state index is 2.57. The van der Waals surface area contributed by atoms with E-state index in [-0.39, 0.29) is 0 Å². The molecule has 0 amide bonds. The summed E-state index contributed by atoms with van der Waals surface area (Å²) in [6.45, 7) is 11.6. The van der Waals surface area contributed by atoms with Crippen molar-refractivity contribution in [1.29, 1.82) is 0 Å². The molecule has 0 saturated carbocycles. The fourth-order valence-corrected chi connectivity index (χ4v) is 2.37. The van der Waals surface area contributed by atoms with E-state index in [1.165, 1.54) is 18.8 Å². The van der Waals surface area contributed by atoms with E-state index in [2.05, 4.69) is 55.2 Å². The normalized spacial score (nSPS) is 23.4. The minimum absolute atomic E-state index is 0.316. The molecular formula is C14H23N2. The van der Waals surface area contributed by atoms with Crippen molar-refractivity contribution in [3.05, 3.63) is 30.3 Å². The smallest absolute Gasteiger partial charge is 0.0323 e. The third kappa shape index (κ3) is 2.67. The van der Waals surface area contributed by atoms with Crippen LogP contribution in [0.25, 0.3) is 0 Å². The molecule has 2 aliphatic rings. The van der Waals surface area contributed by atoms with Gasteiger partial charge in [-0.05, 0) is 39.7 Å². The summed E-state index contributed by atoms with van der Waals surface area (Å²) in [6, 6.07) is 0. The molecule has 89 valence electrons. The van der Waals surface area contributed by atoms with Crippen LogP contribution in [0.1, 0.15) is 27.2 Å². The quantitative estimate of drug-likeness (QED) is 0.668. The molecule has 0 N–H and O–H groups in total. The molecule has 1 aliphatic heterocycles. The molecule has 1 heterocycles. The van der Waals surface area contributed by atoms with Gasteiger partial charge in [0.1, 0.15) is 0 Å². The third-order valence-corrected chi connectivity index (χ3v) is 3.46. The average molecular weight is 219 g/mol. The zero-order valence-corrected chi connectivity index (χ0v) is 10.7. The van der Waals surface area contributed by atoms with Gasteiger partial charge in [0, 0.05) is 37.4 Å². The number of nitrogens with zero attached hydrogens (tertiary/aromatic N) is 2. The lowest BCUT2D eigenvalue weighted by molar-refractivity contribution is 0.0777. The monoisotopic (exact) mass is 219 g/mol. The summed E-state index contributed by atoms with van der Waals surface area (Å²) in [5.41, 5.74) is 1.73. The second kappa shape index (κ2) is 4.62. The number of rotatable bonds is 1.